The zero-order valence-corrected chi connectivity index (χ0v) is 16.8. The molecule has 5 rings (SSSR count). The molecule has 0 amide bonds. The highest BCUT2D eigenvalue weighted by atomic mass is 32.2. The Labute approximate surface area is 178 Å². The predicted octanol–water partition coefficient (Wildman–Crippen LogP) is 6.09. The highest BCUT2D eigenvalue weighted by Crippen LogP contribution is 2.33. The van der Waals surface area contributed by atoms with E-state index in [1.807, 2.05) is 66.7 Å². The lowest BCUT2D eigenvalue weighted by Crippen LogP contribution is -1.83. The Morgan fingerprint density at radius 3 is 1.97 bits per heavy atom. The number of hydrogen-bond acceptors (Lipinski definition) is 5. The van der Waals surface area contributed by atoms with Crippen LogP contribution in [0.3, 0.4) is 0 Å². The fraction of sp³-hybridized carbons (Fsp3) is 0.0417. The third-order valence-electron chi connectivity index (χ3n) is 4.62. The average Bonchev–Trinajstić information content (AvgIpc) is 3.47. The molecule has 0 aliphatic heterocycles. The molecule has 0 saturated heterocycles. The van der Waals surface area contributed by atoms with E-state index in [0.717, 1.165) is 33.2 Å². The van der Waals surface area contributed by atoms with Gasteiger partial charge in [0.15, 0.2) is 5.16 Å². The standard InChI is InChI=1S/C24H18N4OS/c1-4-10-17(11-5-1)21-22(18-12-6-2-7-13-18)27-24(26-21)30-16-20-25-23(28-29-20)19-14-8-3-9-15-19/h1-15H,16H2,(H,26,27). The van der Waals surface area contributed by atoms with Gasteiger partial charge in [0, 0.05) is 16.7 Å². The van der Waals surface area contributed by atoms with Crippen molar-refractivity contribution < 1.29 is 4.52 Å². The van der Waals surface area contributed by atoms with Crippen molar-refractivity contribution in [2.45, 2.75) is 10.9 Å². The van der Waals surface area contributed by atoms with E-state index in [-0.39, 0.29) is 0 Å². The molecule has 0 atom stereocenters. The molecule has 0 fully saturated rings. The van der Waals surface area contributed by atoms with E-state index in [2.05, 4.69) is 39.4 Å². The Morgan fingerprint density at radius 2 is 1.30 bits per heavy atom. The molecule has 3 aromatic carbocycles. The largest absolute Gasteiger partial charge is 0.338 e. The first-order chi connectivity index (χ1) is 14.9. The van der Waals surface area contributed by atoms with Crippen LogP contribution in [0.15, 0.2) is 101 Å². The van der Waals surface area contributed by atoms with Crippen molar-refractivity contribution in [3.63, 3.8) is 0 Å². The third kappa shape index (κ3) is 3.90. The van der Waals surface area contributed by atoms with Gasteiger partial charge in [-0.3, -0.25) is 0 Å². The summed E-state index contributed by atoms with van der Waals surface area (Å²) in [5, 5.41) is 4.90. The lowest BCUT2D eigenvalue weighted by molar-refractivity contribution is 0.391. The van der Waals surface area contributed by atoms with Crippen LogP contribution in [0.4, 0.5) is 0 Å². The molecule has 5 aromatic rings. The van der Waals surface area contributed by atoms with Crippen LogP contribution in [0.2, 0.25) is 0 Å². The molecule has 30 heavy (non-hydrogen) atoms. The van der Waals surface area contributed by atoms with Gasteiger partial charge in [-0.25, -0.2) is 4.98 Å². The topological polar surface area (TPSA) is 67.6 Å². The summed E-state index contributed by atoms with van der Waals surface area (Å²) in [6.07, 6.45) is 0. The van der Waals surface area contributed by atoms with Crippen LogP contribution in [0.25, 0.3) is 33.9 Å². The first kappa shape index (κ1) is 18.4. The summed E-state index contributed by atoms with van der Waals surface area (Å²) >= 11 is 1.54. The number of aromatic nitrogens is 4. The Balaban J connectivity index is 1.40. The van der Waals surface area contributed by atoms with E-state index in [1.165, 1.54) is 0 Å². The van der Waals surface area contributed by atoms with Crippen LogP contribution < -0.4 is 0 Å². The van der Waals surface area contributed by atoms with Crippen LogP contribution in [0, 0.1) is 0 Å². The number of imidazole rings is 1. The lowest BCUT2D eigenvalue weighted by Gasteiger charge is -2.02. The molecular formula is C24H18N4OS. The van der Waals surface area contributed by atoms with E-state index in [4.69, 9.17) is 9.51 Å². The van der Waals surface area contributed by atoms with Crippen molar-refractivity contribution in [1.29, 1.82) is 0 Å². The molecule has 0 saturated carbocycles. The monoisotopic (exact) mass is 410 g/mol. The van der Waals surface area contributed by atoms with Crippen LogP contribution in [0.5, 0.6) is 0 Å². The summed E-state index contributed by atoms with van der Waals surface area (Å²) < 4.78 is 5.42. The van der Waals surface area contributed by atoms with E-state index < -0.39 is 0 Å². The van der Waals surface area contributed by atoms with Gasteiger partial charge in [-0.15, -0.1) is 0 Å². The second-order valence-electron chi connectivity index (χ2n) is 6.66. The second-order valence-corrected chi connectivity index (χ2v) is 7.63. The molecule has 0 unspecified atom stereocenters. The zero-order valence-electron chi connectivity index (χ0n) is 16.0. The molecule has 5 nitrogen and oxygen atoms in total. The van der Waals surface area contributed by atoms with Gasteiger partial charge in [0.25, 0.3) is 0 Å². The van der Waals surface area contributed by atoms with Crippen LogP contribution >= 0.6 is 11.8 Å². The molecule has 1 N–H and O–H groups in total. The zero-order chi connectivity index (χ0) is 20.2. The second kappa shape index (κ2) is 8.39. The first-order valence-corrected chi connectivity index (χ1v) is 10.6. The van der Waals surface area contributed by atoms with Crippen LogP contribution in [0.1, 0.15) is 5.89 Å². The molecular weight excluding hydrogens is 392 g/mol. The van der Waals surface area contributed by atoms with Crippen molar-refractivity contribution in [3.05, 3.63) is 96.9 Å². The van der Waals surface area contributed by atoms with Gasteiger partial charge in [-0.1, -0.05) is 108 Å². The number of rotatable bonds is 6. The Kier molecular flexibility index (Phi) is 5.14. The third-order valence-corrected chi connectivity index (χ3v) is 5.48. The number of H-pyrrole nitrogens is 1. The maximum absolute atomic E-state index is 5.42. The molecule has 0 bridgehead atoms. The Morgan fingerprint density at radius 1 is 0.700 bits per heavy atom. The summed E-state index contributed by atoms with van der Waals surface area (Å²) in [6.45, 7) is 0. The van der Waals surface area contributed by atoms with E-state index in [1.54, 1.807) is 11.8 Å². The minimum Gasteiger partial charge on any atom is -0.338 e. The maximum atomic E-state index is 5.42. The number of nitrogens with zero attached hydrogens (tertiary/aromatic N) is 3. The summed E-state index contributed by atoms with van der Waals surface area (Å²) in [5.74, 6) is 1.70. The van der Waals surface area contributed by atoms with Gasteiger partial charge >= 0.3 is 0 Å². The SMILES string of the molecule is c1ccc(-c2noc(CSc3nc(-c4ccccc4)c(-c4ccccc4)[nH]3)n2)cc1. The average molecular weight is 411 g/mol. The maximum Gasteiger partial charge on any atom is 0.237 e. The fourth-order valence-corrected chi connectivity index (χ4v) is 3.89. The van der Waals surface area contributed by atoms with Crippen LogP contribution in [-0.2, 0) is 5.75 Å². The normalized spacial score (nSPS) is 10.9. The van der Waals surface area contributed by atoms with E-state index in [0.29, 0.717) is 17.5 Å². The highest BCUT2D eigenvalue weighted by molar-refractivity contribution is 7.98. The number of nitrogens with one attached hydrogen (secondary N) is 1. The molecule has 0 aliphatic carbocycles. The van der Waals surface area contributed by atoms with Crippen molar-refractivity contribution in [2.24, 2.45) is 0 Å². The van der Waals surface area contributed by atoms with Gasteiger partial charge in [-0.2, -0.15) is 4.98 Å². The summed E-state index contributed by atoms with van der Waals surface area (Å²) in [7, 11) is 0. The number of benzene rings is 3. The smallest absolute Gasteiger partial charge is 0.237 e. The minimum atomic E-state index is 0.538. The number of hydrogen-bond donors (Lipinski definition) is 1. The van der Waals surface area contributed by atoms with E-state index >= 15 is 0 Å². The molecule has 2 heterocycles. The number of thioether (sulfide) groups is 1. The summed E-state index contributed by atoms with van der Waals surface area (Å²) in [5.41, 5.74) is 5.04. The van der Waals surface area contributed by atoms with Gasteiger partial charge < -0.3 is 9.51 Å². The highest BCUT2D eigenvalue weighted by Gasteiger charge is 2.16. The molecule has 6 heteroatoms. The van der Waals surface area contributed by atoms with Gasteiger partial charge in [0.1, 0.15) is 0 Å². The fourth-order valence-electron chi connectivity index (χ4n) is 3.19. The van der Waals surface area contributed by atoms with Crippen molar-refractivity contribution in [3.8, 4) is 33.9 Å². The minimum absolute atomic E-state index is 0.538. The van der Waals surface area contributed by atoms with Crippen molar-refractivity contribution in [1.82, 2.24) is 20.1 Å². The van der Waals surface area contributed by atoms with Crippen molar-refractivity contribution >= 4 is 11.8 Å². The molecule has 0 radical (unpaired) electrons. The lowest BCUT2D eigenvalue weighted by atomic mass is 10.1. The Hall–Kier alpha value is -3.64. The van der Waals surface area contributed by atoms with Crippen LogP contribution in [-0.4, -0.2) is 20.1 Å². The Bertz CT molecular complexity index is 1180. The molecule has 0 aliphatic rings. The van der Waals surface area contributed by atoms with Gasteiger partial charge in [0.05, 0.1) is 17.1 Å². The quantitative estimate of drug-likeness (QED) is 0.343. The molecule has 0 spiro atoms. The molecule has 2 aromatic heterocycles. The van der Waals surface area contributed by atoms with Gasteiger partial charge in [-0.05, 0) is 0 Å². The summed E-state index contributed by atoms with van der Waals surface area (Å²) in [4.78, 5) is 12.8. The molecule has 146 valence electrons. The predicted molar refractivity (Wildman–Crippen MR) is 119 cm³/mol. The first-order valence-electron chi connectivity index (χ1n) is 9.58. The summed E-state index contributed by atoms with van der Waals surface area (Å²) in [6, 6.07) is 30.2. The van der Waals surface area contributed by atoms with Gasteiger partial charge in [0.2, 0.25) is 11.7 Å². The van der Waals surface area contributed by atoms with Crippen molar-refractivity contribution in [2.75, 3.05) is 0 Å². The van der Waals surface area contributed by atoms with E-state index in [9.17, 15) is 0 Å². The number of aromatic amines is 1.